The third kappa shape index (κ3) is 3.48. The fraction of sp³-hybridized carbons (Fsp3) is 0.211. The molecule has 0 saturated carbocycles. The summed E-state index contributed by atoms with van der Waals surface area (Å²) in [6.45, 7) is 2.31. The molecular formula is C19H18BrNO2. The summed E-state index contributed by atoms with van der Waals surface area (Å²) in [4.78, 5) is 12.5. The third-order valence-corrected chi connectivity index (χ3v) is 4.39. The van der Waals surface area contributed by atoms with Crippen LogP contribution in [0.1, 0.15) is 24.9 Å². The number of aromatic nitrogens is 1. The van der Waals surface area contributed by atoms with Gasteiger partial charge in [-0.15, -0.1) is 0 Å². The quantitative estimate of drug-likeness (QED) is 0.584. The molecule has 0 radical (unpaired) electrons. The number of fused-ring (bicyclic) bond motifs is 1. The lowest BCUT2D eigenvalue weighted by Gasteiger charge is -2.17. The molecule has 4 heteroatoms. The van der Waals surface area contributed by atoms with Crippen LogP contribution in [0.25, 0.3) is 10.9 Å². The van der Waals surface area contributed by atoms with Gasteiger partial charge in [-0.3, -0.25) is 0 Å². The van der Waals surface area contributed by atoms with E-state index in [1.807, 2.05) is 72.3 Å². The minimum Gasteiger partial charge on any atom is -0.459 e. The van der Waals surface area contributed by atoms with Crippen LogP contribution in [0.2, 0.25) is 0 Å². The van der Waals surface area contributed by atoms with Crippen molar-refractivity contribution in [1.82, 2.24) is 4.57 Å². The second kappa shape index (κ2) is 7.01. The number of hydrogen-bond acceptors (Lipinski definition) is 2. The van der Waals surface area contributed by atoms with E-state index in [0.717, 1.165) is 20.9 Å². The van der Waals surface area contributed by atoms with E-state index in [9.17, 15) is 4.79 Å². The molecule has 1 aromatic heterocycles. The number of nitrogens with zero attached hydrogens (tertiary/aromatic N) is 1. The second-order valence-electron chi connectivity index (χ2n) is 5.44. The molecule has 23 heavy (non-hydrogen) atoms. The van der Waals surface area contributed by atoms with Crippen molar-refractivity contribution in [1.29, 1.82) is 0 Å². The maximum absolute atomic E-state index is 12.5. The number of ether oxygens (including phenoxy) is 1. The summed E-state index contributed by atoms with van der Waals surface area (Å²) in [5.41, 5.74) is 2.04. The smallest absolute Gasteiger partial charge is 0.329 e. The molecule has 3 aromatic rings. The van der Waals surface area contributed by atoms with Gasteiger partial charge in [-0.2, -0.15) is 0 Å². The number of carbonyl (C=O) groups excluding carboxylic acids is 1. The van der Waals surface area contributed by atoms with E-state index in [4.69, 9.17) is 4.74 Å². The van der Waals surface area contributed by atoms with Gasteiger partial charge in [0.2, 0.25) is 0 Å². The fourth-order valence-corrected chi connectivity index (χ4v) is 3.09. The minimum absolute atomic E-state index is 0.197. The minimum atomic E-state index is -0.308. The van der Waals surface area contributed by atoms with E-state index in [1.165, 1.54) is 0 Å². The van der Waals surface area contributed by atoms with Gasteiger partial charge in [0.25, 0.3) is 0 Å². The molecule has 3 nitrogen and oxygen atoms in total. The molecule has 0 aliphatic heterocycles. The van der Waals surface area contributed by atoms with E-state index in [1.54, 1.807) is 0 Å². The van der Waals surface area contributed by atoms with Gasteiger partial charge < -0.3 is 9.30 Å². The van der Waals surface area contributed by atoms with Gasteiger partial charge in [0.15, 0.2) is 0 Å². The van der Waals surface area contributed by atoms with Crippen molar-refractivity contribution in [3.05, 3.63) is 70.8 Å². The van der Waals surface area contributed by atoms with E-state index >= 15 is 0 Å². The van der Waals surface area contributed by atoms with Crippen LogP contribution in [-0.2, 0) is 16.1 Å². The average molecular weight is 372 g/mol. The first-order chi connectivity index (χ1) is 11.2. The summed E-state index contributed by atoms with van der Waals surface area (Å²) in [7, 11) is 0. The monoisotopic (exact) mass is 371 g/mol. The number of halogens is 1. The van der Waals surface area contributed by atoms with Gasteiger partial charge in [0.05, 0.1) is 0 Å². The molecule has 0 aliphatic rings. The van der Waals surface area contributed by atoms with Crippen LogP contribution < -0.4 is 0 Å². The average Bonchev–Trinajstić information content (AvgIpc) is 2.97. The highest BCUT2D eigenvalue weighted by molar-refractivity contribution is 9.10. The molecule has 118 valence electrons. The Balaban J connectivity index is 1.79. The summed E-state index contributed by atoms with van der Waals surface area (Å²) in [6, 6.07) is 17.5. The first kappa shape index (κ1) is 15.8. The molecule has 0 spiro atoms. The Hall–Kier alpha value is -2.07. The number of esters is 1. The summed E-state index contributed by atoms with van der Waals surface area (Å²) >= 11 is 3.47. The standard InChI is InChI=1S/C19H18BrNO2/c1-2-17(19(22)23-13-14-6-4-3-5-7-14)21-11-10-15-12-16(20)8-9-18(15)21/h3-12,17H,2,13H2,1H3. The summed E-state index contributed by atoms with van der Waals surface area (Å²) in [6.07, 6.45) is 2.64. The maximum Gasteiger partial charge on any atom is 0.329 e. The molecule has 0 fully saturated rings. The number of carbonyl (C=O) groups is 1. The van der Waals surface area contributed by atoms with Gasteiger partial charge in [-0.1, -0.05) is 53.2 Å². The predicted octanol–water partition coefficient (Wildman–Crippen LogP) is 5.10. The zero-order chi connectivity index (χ0) is 16.2. The fourth-order valence-electron chi connectivity index (χ4n) is 2.71. The van der Waals surface area contributed by atoms with Gasteiger partial charge in [0, 0.05) is 21.6 Å². The molecule has 0 aliphatic carbocycles. The zero-order valence-electron chi connectivity index (χ0n) is 12.9. The van der Waals surface area contributed by atoms with Crippen LogP contribution >= 0.6 is 15.9 Å². The van der Waals surface area contributed by atoms with Gasteiger partial charge in [0.1, 0.15) is 12.6 Å². The van der Waals surface area contributed by atoms with Crippen LogP contribution in [0.3, 0.4) is 0 Å². The van der Waals surface area contributed by atoms with Crippen molar-refractivity contribution in [2.24, 2.45) is 0 Å². The Kier molecular flexibility index (Phi) is 4.82. The van der Waals surface area contributed by atoms with E-state index in [2.05, 4.69) is 15.9 Å². The Morgan fingerprint density at radius 3 is 2.70 bits per heavy atom. The molecule has 2 aromatic carbocycles. The normalized spacial score (nSPS) is 12.3. The van der Waals surface area contributed by atoms with Crippen molar-refractivity contribution >= 4 is 32.8 Å². The highest BCUT2D eigenvalue weighted by atomic mass is 79.9. The molecule has 0 bridgehead atoms. The lowest BCUT2D eigenvalue weighted by molar-refractivity contribution is -0.149. The largest absolute Gasteiger partial charge is 0.459 e. The van der Waals surface area contributed by atoms with Crippen molar-refractivity contribution in [3.63, 3.8) is 0 Å². The highest BCUT2D eigenvalue weighted by Gasteiger charge is 2.21. The maximum atomic E-state index is 12.5. The topological polar surface area (TPSA) is 31.2 Å². The van der Waals surface area contributed by atoms with E-state index in [0.29, 0.717) is 13.0 Å². The lowest BCUT2D eigenvalue weighted by atomic mass is 10.2. The molecule has 0 amide bonds. The third-order valence-electron chi connectivity index (χ3n) is 3.90. The summed E-state index contributed by atoms with van der Waals surface area (Å²) in [5.74, 6) is -0.197. The van der Waals surface area contributed by atoms with Crippen molar-refractivity contribution < 1.29 is 9.53 Å². The SMILES string of the molecule is CCC(C(=O)OCc1ccccc1)n1ccc2cc(Br)ccc21. The van der Waals surface area contributed by atoms with Crippen molar-refractivity contribution in [3.8, 4) is 0 Å². The van der Waals surface area contributed by atoms with Crippen molar-refractivity contribution in [2.75, 3.05) is 0 Å². The molecule has 1 unspecified atom stereocenters. The van der Waals surface area contributed by atoms with Crippen molar-refractivity contribution in [2.45, 2.75) is 26.0 Å². The van der Waals surface area contributed by atoms with Crippen LogP contribution in [0.4, 0.5) is 0 Å². The molecule has 0 N–H and O–H groups in total. The van der Waals surface area contributed by atoms with Gasteiger partial charge in [-0.05, 0) is 36.2 Å². The molecule has 3 rings (SSSR count). The Morgan fingerprint density at radius 1 is 1.17 bits per heavy atom. The first-order valence-electron chi connectivity index (χ1n) is 7.65. The number of hydrogen-bond donors (Lipinski definition) is 0. The second-order valence-corrected chi connectivity index (χ2v) is 6.36. The van der Waals surface area contributed by atoms with Gasteiger partial charge >= 0.3 is 5.97 Å². The zero-order valence-corrected chi connectivity index (χ0v) is 14.5. The Bertz CT molecular complexity index is 811. The van der Waals surface area contributed by atoms with Gasteiger partial charge in [-0.25, -0.2) is 4.79 Å². The van der Waals surface area contributed by atoms with E-state index in [-0.39, 0.29) is 12.0 Å². The number of benzene rings is 2. The summed E-state index contributed by atoms with van der Waals surface area (Å²) < 4.78 is 8.53. The lowest BCUT2D eigenvalue weighted by Crippen LogP contribution is -2.20. The van der Waals surface area contributed by atoms with E-state index < -0.39 is 0 Å². The number of rotatable bonds is 5. The highest BCUT2D eigenvalue weighted by Crippen LogP contribution is 2.26. The Labute approximate surface area is 144 Å². The van der Waals surface area contributed by atoms with Crippen LogP contribution in [-0.4, -0.2) is 10.5 Å². The Morgan fingerprint density at radius 2 is 1.96 bits per heavy atom. The molecule has 0 saturated heterocycles. The predicted molar refractivity (Wildman–Crippen MR) is 95.2 cm³/mol. The molecular weight excluding hydrogens is 354 g/mol. The first-order valence-corrected chi connectivity index (χ1v) is 8.45. The molecule has 1 heterocycles. The van der Waals surface area contributed by atoms with Crippen LogP contribution in [0.5, 0.6) is 0 Å². The van der Waals surface area contributed by atoms with Crippen LogP contribution in [0.15, 0.2) is 65.3 Å². The summed E-state index contributed by atoms with van der Waals surface area (Å²) in [5, 5.41) is 1.11. The molecule has 1 atom stereocenters. The van der Waals surface area contributed by atoms with Crippen LogP contribution in [0, 0.1) is 0 Å².